The van der Waals surface area contributed by atoms with E-state index in [1.54, 1.807) is 0 Å². The summed E-state index contributed by atoms with van der Waals surface area (Å²) < 4.78 is 5.61. The fourth-order valence-corrected chi connectivity index (χ4v) is 2.37. The molecule has 1 N–H and O–H groups in total. The number of morpholine rings is 1. The van der Waals surface area contributed by atoms with E-state index in [0.717, 1.165) is 23.2 Å². The molecule has 0 radical (unpaired) electrons. The largest absolute Gasteiger partial charge is 0.387 e. The normalized spacial score (nSPS) is 19.3. The van der Waals surface area contributed by atoms with Gasteiger partial charge in [0.25, 0.3) is 5.91 Å². The number of rotatable bonds is 3. The number of nitrogens with one attached hydrogen (secondary N) is 1. The van der Waals surface area contributed by atoms with Crippen molar-refractivity contribution in [2.24, 2.45) is 0 Å². The standard InChI is InChI=1S/C15H22N2O2/c1-4-12-10-17(7-8-19-12)15(18)13-6-5-11(2)9-14(13)16-3/h5-6,9,12,16H,4,7-8,10H2,1-3H3. The van der Waals surface area contributed by atoms with E-state index in [1.807, 2.05) is 37.1 Å². The molecule has 0 aliphatic carbocycles. The highest BCUT2D eigenvalue weighted by Gasteiger charge is 2.25. The summed E-state index contributed by atoms with van der Waals surface area (Å²) in [6, 6.07) is 5.89. The number of hydrogen-bond donors (Lipinski definition) is 1. The molecule has 1 amide bonds. The highest BCUT2D eigenvalue weighted by molar-refractivity contribution is 5.99. The van der Waals surface area contributed by atoms with Crippen LogP contribution in [-0.4, -0.2) is 43.7 Å². The topological polar surface area (TPSA) is 41.6 Å². The van der Waals surface area contributed by atoms with Gasteiger partial charge in [-0.25, -0.2) is 0 Å². The zero-order valence-electron chi connectivity index (χ0n) is 11.9. The molecular formula is C15H22N2O2. The van der Waals surface area contributed by atoms with Gasteiger partial charge in [-0.3, -0.25) is 4.79 Å². The Hall–Kier alpha value is -1.55. The Balaban J connectivity index is 2.19. The third-order valence-electron chi connectivity index (χ3n) is 3.56. The molecule has 1 aliphatic rings. The van der Waals surface area contributed by atoms with Crippen LogP contribution in [0.25, 0.3) is 0 Å². The van der Waals surface area contributed by atoms with Gasteiger partial charge < -0.3 is 15.0 Å². The summed E-state index contributed by atoms with van der Waals surface area (Å²) in [7, 11) is 1.85. The Morgan fingerprint density at radius 1 is 1.53 bits per heavy atom. The van der Waals surface area contributed by atoms with Crippen molar-refractivity contribution in [1.82, 2.24) is 4.90 Å². The van der Waals surface area contributed by atoms with Crippen LogP contribution < -0.4 is 5.32 Å². The minimum absolute atomic E-state index is 0.0890. The summed E-state index contributed by atoms with van der Waals surface area (Å²) in [5.41, 5.74) is 2.78. The molecule has 1 aromatic carbocycles. The number of ether oxygens (including phenoxy) is 1. The van der Waals surface area contributed by atoms with E-state index in [2.05, 4.69) is 12.2 Å². The molecule has 0 aromatic heterocycles. The fraction of sp³-hybridized carbons (Fsp3) is 0.533. The van der Waals surface area contributed by atoms with Crippen LogP contribution in [0.2, 0.25) is 0 Å². The third kappa shape index (κ3) is 3.07. The molecule has 1 heterocycles. The predicted molar refractivity (Wildman–Crippen MR) is 76.7 cm³/mol. The lowest BCUT2D eigenvalue weighted by Crippen LogP contribution is -2.45. The van der Waals surface area contributed by atoms with E-state index in [9.17, 15) is 4.79 Å². The average Bonchev–Trinajstić information content (AvgIpc) is 2.46. The number of amides is 1. The van der Waals surface area contributed by atoms with Gasteiger partial charge in [0.1, 0.15) is 0 Å². The molecule has 1 fully saturated rings. The number of hydrogen-bond acceptors (Lipinski definition) is 3. The first-order valence-corrected chi connectivity index (χ1v) is 6.85. The lowest BCUT2D eigenvalue weighted by atomic mass is 10.1. The Morgan fingerprint density at radius 2 is 2.32 bits per heavy atom. The zero-order chi connectivity index (χ0) is 13.8. The molecule has 1 aromatic rings. The van der Waals surface area contributed by atoms with Gasteiger partial charge in [-0.05, 0) is 31.0 Å². The van der Waals surface area contributed by atoms with Crippen LogP contribution in [0.5, 0.6) is 0 Å². The fourth-order valence-electron chi connectivity index (χ4n) is 2.37. The number of carbonyl (C=O) groups excluding carboxylic acids is 1. The molecule has 19 heavy (non-hydrogen) atoms. The van der Waals surface area contributed by atoms with E-state index in [4.69, 9.17) is 4.74 Å². The number of nitrogens with zero attached hydrogens (tertiary/aromatic N) is 1. The first kappa shape index (κ1) is 13.9. The Morgan fingerprint density at radius 3 is 3.00 bits per heavy atom. The van der Waals surface area contributed by atoms with Crippen LogP contribution in [0, 0.1) is 6.92 Å². The molecular weight excluding hydrogens is 240 g/mol. The summed E-state index contributed by atoms with van der Waals surface area (Å²) in [5, 5.41) is 3.10. The van der Waals surface area contributed by atoms with Crippen molar-refractivity contribution in [3.05, 3.63) is 29.3 Å². The van der Waals surface area contributed by atoms with Crippen LogP contribution >= 0.6 is 0 Å². The van der Waals surface area contributed by atoms with E-state index in [-0.39, 0.29) is 12.0 Å². The highest BCUT2D eigenvalue weighted by atomic mass is 16.5. The van der Waals surface area contributed by atoms with E-state index >= 15 is 0 Å². The van der Waals surface area contributed by atoms with Gasteiger partial charge in [0, 0.05) is 25.8 Å². The van der Waals surface area contributed by atoms with Crippen LogP contribution in [0.1, 0.15) is 29.3 Å². The van der Waals surface area contributed by atoms with Gasteiger partial charge in [0.15, 0.2) is 0 Å². The lowest BCUT2D eigenvalue weighted by Gasteiger charge is -2.33. The van der Waals surface area contributed by atoms with Gasteiger partial charge in [-0.2, -0.15) is 0 Å². The van der Waals surface area contributed by atoms with Crippen molar-refractivity contribution in [2.75, 3.05) is 32.1 Å². The first-order valence-electron chi connectivity index (χ1n) is 6.85. The molecule has 2 rings (SSSR count). The Bertz CT molecular complexity index is 459. The molecule has 1 aliphatic heterocycles. The molecule has 0 spiro atoms. The zero-order valence-corrected chi connectivity index (χ0v) is 11.9. The smallest absolute Gasteiger partial charge is 0.256 e. The second kappa shape index (κ2) is 6.06. The second-order valence-electron chi connectivity index (χ2n) is 4.95. The minimum atomic E-state index is 0.0890. The maximum absolute atomic E-state index is 12.6. The molecule has 1 atom stereocenters. The maximum atomic E-state index is 12.6. The quantitative estimate of drug-likeness (QED) is 0.908. The number of benzene rings is 1. The van der Waals surface area contributed by atoms with Crippen molar-refractivity contribution in [3.8, 4) is 0 Å². The molecule has 104 valence electrons. The molecule has 0 saturated carbocycles. The molecule has 4 nitrogen and oxygen atoms in total. The van der Waals surface area contributed by atoms with Gasteiger partial charge in [-0.1, -0.05) is 13.0 Å². The summed E-state index contributed by atoms with van der Waals surface area (Å²) in [4.78, 5) is 14.5. The van der Waals surface area contributed by atoms with Crippen molar-refractivity contribution < 1.29 is 9.53 Å². The van der Waals surface area contributed by atoms with Crippen molar-refractivity contribution in [1.29, 1.82) is 0 Å². The lowest BCUT2D eigenvalue weighted by molar-refractivity contribution is -0.0225. The van der Waals surface area contributed by atoms with Crippen LogP contribution in [0.4, 0.5) is 5.69 Å². The summed E-state index contributed by atoms with van der Waals surface area (Å²) in [6.45, 7) is 6.10. The van der Waals surface area contributed by atoms with Crippen molar-refractivity contribution in [2.45, 2.75) is 26.4 Å². The highest BCUT2D eigenvalue weighted by Crippen LogP contribution is 2.20. The monoisotopic (exact) mass is 262 g/mol. The third-order valence-corrected chi connectivity index (χ3v) is 3.56. The van der Waals surface area contributed by atoms with Crippen LogP contribution in [0.15, 0.2) is 18.2 Å². The number of aryl methyl sites for hydroxylation is 1. The first-order chi connectivity index (χ1) is 9.15. The molecule has 1 unspecified atom stereocenters. The van der Waals surface area contributed by atoms with Gasteiger partial charge in [-0.15, -0.1) is 0 Å². The Labute approximate surface area is 114 Å². The van der Waals surface area contributed by atoms with Gasteiger partial charge in [0.2, 0.25) is 0 Å². The summed E-state index contributed by atoms with van der Waals surface area (Å²) in [6.07, 6.45) is 1.11. The van der Waals surface area contributed by atoms with Crippen LogP contribution in [0.3, 0.4) is 0 Å². The van der Waals surface area contributed by atoms with E-state index in [0.29, 0.717) is 19.7 Å². The van der Waals surface area contributed by atoms with E-state index in [1.165, 1.54) is 0 Å². The molecule has 4 heteroatoms. The average molecular weight is 262 g/mol. The minimum Gasteiger partial charge on any atom is -0.387 e. The summed E-state index contributed by atoms with van der Waals surface area (Å²) >= 11 is 0. The Kier molecular flexibility index (Phi) is 4.43. The van der Waals surface area contributed by atoms with Gasteiger partial charge >= 0.3 is 0 Å². The van der Waals surface area contributed by atoms with Crippen LogP contribution in [-0.2, 0) is 4.74 Å². The summed E-state index contributed by atoms with van der Waals surface area (Å²) in [5.74, 6) is 0.0890. The maximum Gasteiger partial charge on any atom is 0.256 e. The van der Waals surface area contributed by atoms with Gasteiger partial charge in [0.05, 0.1) is 18.3 Å². The molecule has 1 saturated heterocycles. The second-order valence-corrected chi connectivity index (χ2v) is 4.95. The van der Waals surface area contributed by atoms with E-state index < -0.39 is 0 Å². The number of carbonyl (C=O) groups is 1. The van der Waals surface area contributed by atoms with Crippen molar-refractivity contribution >= 4 is 11.6 Å². The van der Waals surface area contributed by atoms with Crippen molar-refractivity contribution in [3.63, 3.8) is 0 Å². The predicted octanol–water partition coefficient (Wildman–Crippen LogP) is 2.29. The number of anilines is 1. The molecule has 0 bridgehead atoms. The SMILES string of the molecule is CCC1CN(C(=O)c2ccc(C)cc2NC)CCO1.